The third-order valence-electron chi connectivity index (χ3n) is 2.44. The lowest BCUT2D eigenvalue weighted by atomic mass is 10.4. The van der Waals surface area contributed by atoms with Crippen LogP contribution in [0.25, 0.3) is 11.6 Å². The largest absolute Gasteiger partial charge is 0.361 e. The first-order chi connectivity index (χ1) is 7.81. The van der Waals surface area contributed by atoms with Gasteiger partial charge in [0.05, 0.1) is 6.54 Å². The van der Waals surface area contributed by atoms with E-state index in [-0.39, 0.29) is 0 Å². The fourth-order valence-corrected chi connectivity index (χ4v) is 1.42. The van der Waals surface area contributed by atoms with Crippen molar-refractivity contribution in [1.29, 1.82) is 0 Å². The molecule has 1 fully saturated rings. The Morgan fingerprint density at radius 2 is 2.25 bits per heavy atom. The predicted octanol–water partition coefficient (Wildman–Crippen LogP) is 1.29. The molecule has 2 aromatic rings. The highest BCUT2D eigenvalue weighted by Crippen LogP contribution is 2.20. The van der Waals surface area contributed by atoms with Crippen molar-refractivity contribution >= 4 is 0 Å². The molecule has 1 saturated carbocycles. The summed E-state index contributed by atoms with van der Waals surface area (Å²) in [6, 6.07) is 2.40. The highest BCUT2D eigenvalue weighted by molar-refractivity contribution is 5.45. The normalized spacial score (nSPS) is 15.6. The Morgan fingerprint density at radius 1 is 1.38 bits per heavy atom. The molecule has 0 atom stereocenters. The summed E-state index contributed by atoms with van der Waals surface area (Å²) in [6.07, 6.45) is 2.49. The van der Waals surface area contributed by atoms with Gasteiger partial charge in [-0.15, -0.1) is 0 Å². The Balaban J connectivity index is 1.71. The molecule has 2 aromatic heterocycles. The summed E-state index contributed by atoms with van der Waals surface area (Å²) < 4.78 is 10.0. The number of hydrogen-bond donors (Lipinski definition) is 1. The molecular formula is C10H12N4O2. The second kappa shape index (κ2) is 3.71. The van der Waals surface area contributed by atoms with Crippen molar-refractivity contribution in [3.63, 3.8) is 0 Å². The van der Waals surface area contributed by atoms with E-state index in [1.165, 1.54) is 12.8 Å². The van der Waals surface area contributed by atoms with Gasteiger partial charge in [0.15, 0.2) is 11.5 Å². The highest BCUT2D eigenvalue weighted by atomic mass is 16.5. The van der Waals surface area contributed by atoms with Crippen molar-refractivity contribution in [2.75, 3.05) is 0 Å². The van der Waals surface area contributed by atoms with Crippen LogP contribution in [0.15, 0.2) is 15.1 Å². The van der Waals surface area contributed by atoms with Crippen molar-refractivity contribution in [2.24, 2.45) is 0 Å². The summed E-state index contributed by atoms with van der Waals surface area (Å²) in [5, 5.41) is 11.0. The van der Waals surface area contributed by atoms with Gasteiger partial charge in [0.25, 0.3) is 5.89 Å². The summed E-state index contributed by atoms with van der Waals surface area (Å²) in [5.41, 5.74) is 0.586. The van der Waals surface area contributed by atoms with E-state index >= 15 is 0 Å². The minimum absolute atomic E-state index is 0.407. The van der Waals surface area contributed by atoms with Gasteiger partial charge in [-0.05, 0) is 19.8 Å². The zero-order chi connectivity index (χ0) is 11.0. The Labute approximate surface area is 92.0 Å². The standard InChI is InChI=1S/C10H12N4O2/c1-6-4-8(13-15-6)10-12-9(14-16-10)5-11-7-2-3-7/h4,7,11H,2-3,5H2,1H3. The number of nitrogens with one attached hydrogen (secondary N) is 1. The van der Waals surface area contributed by atoms with Crippen LogP contribution in [0, 0.1) is 6.92 Å². The van der Waals surface area contributed by atoms with Crippen molar-refractivity contribution < 1.29 is 9.05 Å². The quantitative estimate of drug-likeness (QED) is 0.836. The Bertz CT molecular complexity index is 486. The van der Waals surface area contributed by atoms with Crippen LogP contribution in [0.4, 0.5) is 0 Å². The molecule has 0 spiro atoms. The van der Waals surface area contributed by atoms with Gasteiger partial charge in [0.2, 0.25) is 0 Å². The molecule has 0 unspecified atom stereocenters. The fraction of sp³-hybridized carbons (Fsp3) is 0.500. The summed E-state index contributed by atoms with van der Waals surface area (Å²) >= 11 is 0. The Hall–Kier alpha value is -1.69. The maximum absolute atomic E-state index is 5.09. The van der Waals surface area contributed by atoms with Crippen molar-refractivity contribution in [2.45, 2.75) is 32.4 Å². The average Bonchev–Trinajstić information content (AvgIpc) is 2.81. The van der Waals surface area contributed by atoms with E-state index in [9.17, 15) is 0 Å². The van der Waals surface area contributed by atoms with Crippen molar-refractivity contribution in [1.82, 2.24) is 20.6 Å². The summed E-state index contributed by atoms with van der Waals surface area (Å²) in [6.45, 7) is 2.47. The van der Waals surface area contributed by atoms with Gasteiger partial charge < -0.3 is 14.4 Å². The molecule has 16 heavy (non-hydrogen) atoms. The highest BCUT2D eigenvalue weighted by Gasteiger charge is 2.21. The number of rotatable bonds is 4. The molecule has 0 amide bonds. The average molecular weight is 220 g/mol. The van der Waals surface area contributed by atoms with Crippen LogP contribution in [-0.2, 0) is 6.54 Å². The number of nitrogens with zero attached hydrogens (tertiary/aromatic N) is 3. The van der Waals surface area contributed by atoms with Crippen LogP contribution in [0.5, 0.6) is 0 Å². The zero-order valence-corrected chi connectivity index (χ0v) is 8.93. The molecule has 1 aliphatic carbocycles. The first kappa shape index (κ1) is 9.53. The summed E-state index contributed by atoms with van der Waals surface area (Å²) in [7, 11) is 0. The number of aryl methyl sites for hydroxylation is 1. The van der Waals surface area contributed by atoms with Crippen LogP contribution >= 0.6 is 0 Å². The van der Waals surface area contributed by atoms with Crippen LogP contribution in [-0.4, -0.2) is 21.3 Å². The van der Waals surface area contributed by atoms with Gasteiger partial charge in [-0.1, -0.05) is 10.3 Å². The predicted molar refractivity (Wildman–Crippen MR) is 54.4 cm³/mol. The van der Waals surface area contributed by atoms with Gasteiger partial charge >= 0.3 is 0 Å². The molecule has 84 valence electrons. The smallest absolute Gasteiger partial charge is 0.280 e. The molecular weight excluding hydrogens is 208 g/mol. The monoisotopic (exact) mass is 220 g/mol. The Morgan fingerprint density at radius 3 is 2.94 bits per heavy atom. The van der Waals surface area contributed by atoms with E-state index < -0.39 is 0 Å². The van der Waals surface area contributed by atoms with E-state index in [0.717, 1.165) is 5.76 Å². The topological polar surface area (TPSA) is 77.0 Å². The second-order valence-electron chi connectivity index (χ2n) is 3.99. The SMILES string of the molecule is Cc1cc(-c2nc(CNC3CC3)no2)no1. The van der Waals surface area contributed by atoms with Crippen LogP contribution in [0.3, 0.4) is 0 Å². The van der Waals surface area contributed by atoms with Crippen LogP contribution in [0.2, 0.25) is 0 Å². The van der Waals surface area contributed by atoms with E-state index in [0.29, 0.717) is 30.0 Å². The zero-order valence-electron chi connectivity index (χ0n) is 8.93. The molecule has 1 N–H and O–H groups in total. The van der Waals surface area contributed by atoms with Gasteiger partial charge in [-0.25, -0.2) is 0 Å². The van der Waals surface area contributed by atoms with E-state index in [1.54, 1.807) is 6.07 Å². The summed E-state index contributed by atoms with van der Waals surface area (Å²) in [4.78, 5) is 4.23. The van der Waals surface area contributed by atoms with E-state index in [2.05, 4.69) is 20.6 Å². The first-order valence-electron chi connectivity index (χ1n) is 5.31. The van der Waals surface area contributed by atoms with Gasteiger partial charge in [-0.2, -0.15) is 4.98 Å². The maximum atomic E-state index is 5.09. The van der Waals surface area contributed by atoms with Crippen LogP contribution in [0.1, 0.15) is 24.4 Å². The van der Waals surface area contributed by atoms with Crippen molar-refractivity contribution in [3.8, 4) is 11.6 Å². The fourth-order valence-electron chi connectivity index (χ4n) is 1.42. The minimum Gasteiger partial charge on any atom is -0.361 e. The lowest BCUT2D eigenvalue weighted by Crippen LogP contribution is -2.16. The maximum Gasteiger partial charge on any atom is 0.280 e. The van der Waals surface area contributed by atoms with E-state index in [1.807, 2.05) is 6.92 Å². The molecule has 0 aromatic carbocycles. The lowest BCUT2D eigenvalue weighted by Gasteiger charge is -1.94. The molecule has 0 aliphatic heterocycles. The van der Waals surface area contributed by atoms with Crippen molar-refractivity contribution in [3.05, 3.63) is 17.7 Å². The van der Waals surface area contributed by atoms with E-state index in [4.69, 9.17) is 9.05 Å². The number of hydrogen-bond acceptors (Lipinski definition) is 6. The second-order valence-corrected chi connectivity index (χ2v) is 3.99. The number of aromatic nitrogens is 3. The summed E-state index contributed by atoms with van der Waals surface area (Å²) in [5.74, 6) is 1.79. The van der Waals surface area contributed by atoms with Gasteiger partial charge in [0, 0.05) is 12.1 Å². The minimum atomic E-state index is 0.407. The molecule has 6 heteroatoms. The van der Waals surface area contributed by atoms with Gasteiger partial charge in [-0.3, -0.25) is 0 Å². The molecule has 6 nitrogen and oxygen atoms in total. The van der Waals surface area contributed by atoms with Gasteiger partial charge in [0.1, 0.15) is 5.76 Å². The molecule has 3 rings (SSSR count). The molecule has 2 heterocycles. The first-order valence-corrected chi connectivity index (χ1v) is 5.31. The third kappa shape index (κ3) is 1.96. The lowest BCUT2D eigenvalue weighted by molar-refractivity contribution is 0.388. The third-order valence-corrected chi connectivity index (χ3v) is 2.44. The molecule has 1 aliphatic rings. The van der Waals surface area contributed by atoms with Crippen LogP contribution < -0.4 is 5.32 Å². The molecule has 0 radical (unpaired) electrons. The molecule has 0 bridgehead atoms. The Kier molecular flexibility index (Phi) is 2.21. The molecule has 0 saturated heterocycles.